The van der Waals surface area contributed by atoms with Gasteiger partial charge in [-0.15, -0.1) is 0 Å². The van der Waals surface area contributed by atoms with Crippen LogP contribution in [0.1, 0.15) is 39.2 Å². The molecule has 3 nitrogen and oxygen atoms in total. The average molecular weight is 274 g/mol. The summed E-state index contributed by atoms with van der Waals surface area (Å²) in [5.41, 5.74) is 1.15. The zero-order chi connectivity index (χ0) is 14.6. The third-order valence-corrected chi connectivity index (χ3v) is 4.18. The van der Waals surface area contributed by atoms with E-state index < -0.39 is 0 Å². The molecule has 1 heterocycles. The zero-order valence-electron chi connectivity index (χ0n) is 12.9. The lowest BCUT2D eigenvalue weighted by molar-refractivity contribution is -0.133. The van der Waals surface area contributed by atoms with Gasteiger partial charge in [0.1, 0.15) is 0 Å². The first-order chi connectivity index (χ1) is 9.49. The van der Waals surface area contributed by atoms with Crippen LogP contribution >= 0.6 is 0 Å². The quantitative estimate of drug-likeness (QED) is 0.915. The number of likely N-dealkylation sites (tertiary alicyclic amines) is 1. The van der Waals surface area contributed by atoms with Gasteiger partial charge in [0, 0.05) is 18.0 Å². The van der Waals surface area contributed by atoms with Crippen molar-refractivity contribution in [1.82, 2.24) is 10.2 Å². The minimum Gasteiger partial charge on any atom is -0.353 e. The SMILES string of the molecule is CC(C)NC(=O)C1(C)CCN(Cc2ccccc2)CC1. The van der Waals surface area contributed by atoms with Crippen molar-refractivity contribution in [2.45, 2.75) is 46.2 Å². The Balaban J connectivity index is 1.87. The van der Waals surface area contributed by atoms with Gasteiger partial charge in [-0.05, 0) is 45.3 Å². The topological polar surface area (TPSA) is 32.3 Å². The Kier molecular flexibility index (Phi) is 4.81. The molecule has 1 saturated heterocycles. The molecule has 0 aliphatic carbocycles. The van der Waals surface area contributed by atoms with Gasteiger partial charge in [0.15, 0.2) is 0 Å². The fourth-order valence-corrected chi connectivity index (χ4v) is 2.71. The second-order valence-corrected chi connectivity index (χ2v) is 6.45. The number of carbonyl (C=O) groups excluding carboxylic acids is 1. The lowest BCUT2D eigenvalue weighted by Crippen LogP contribution is -2.48. The summed E-state index contributed by atoms with van der Waals surface area (Å²) in [6.45, 7) is 9.12. The molecule has 1 amide bonds. The molecule has 1 aliphatic rings. The Labute approximate surface area is 122 Å². The average Bonchev–Trinajstić information content (AvgIpc) is 2.42. The molecular formula is C17H26N2O. The van der Waals surface area contributed by atoms with E-state index in [0.29, 0.717) is 0 Å². The van der Waals surface area contributed by atoms with E-state index in [1.807, 2.05) is 19.9 Å². The number of hydrogen-bond acceptors (Lipinski definition) is 2. The van der Waals surface area contributed by atoms with E-state index in [1.54, 1.807) is 0 Å². The Morgan fingerprint density at radius 1 is 1.25 bits per heavy atom. The second kappa shape index (κ2) is 6.40. The Morgan fingerprint density at radius 3 is 2.40 bits per heavy atom. The lowest BCUT2D eigenvalue weighted by atomic mass is 9.79. The summed E-state index contributed by atoms with van der Waals surface area (Å²) in [6.07, 6.45) is 1.89. The summed E-state index contributed by atoms with van der Waals surface area (Å²) < 4.78 is 0. The van der Waals surface area contributed by atoms with Crippen LogP contribution in [0, 0.1) is 5.41 Å². The number of amides is 1. The van der Waals surface area contributed by atoms with Gasteiger partial charge in [0.05, 0.1) is 0 Å². The van der Waals surface area contributed by atoms with Gasteiger partial charge in [-0.1, -0.05) is 37.3 Å². The summed E-state index contributed by atoms with van der Waals surface area (Å²) in [5.74, 6) is 0.215. The van der Waals surface area contributed by atoms with E-state index in [1.165, 1.54) is 5.56 Å². The molecule has 0 saturated carbocycles. The normalized spacial score (nSPS) is 19.0. The van der Waals surface area contributed by atoms with Crippen LogP contribution in [0.5, 0.6) is 0 Å². The monoisotopic (exact) mass is 274 g/mol. The van der Waals surface area contributed by atoms with Crippen LogP contribution in [0.3, 0.4) is 0 Å². The molecule has 1 fully saturated rings. The van der Waals surface area contributed by atoms with Gasteiger partial charge in [0.25, 0.3) is 0 Å². The number of piperidine rings is 1. The lowest BCUT2D eigenvalue weighted by Gasteiger charge is -2.38. The molecule has 1 aliphatic heterocycles. The van der Waals surface area contributed by atoms with Crippen LogP contribution in [-0.2, 0) is 11.3 Å². The van der Waals surface area contributed by atoms with Crippen molar-refractivity contribution in [1.29, 1.82) is 0 Å². The minimum atomic E-state index is -0.197. The first kappa shape index (κ1) is 15.0. The van der Waals surface area contributed by atoms with Crippen molar-refractivity contribution >= 4 is 5.91 Å². The van der Waals surface area contributed by atoms with E-state index in [9.17, 15) is 4.79 Å². The molecule has 0 atom stereocenters. The van der Waals surface area contributed by atoms with E-state index in [2.05, 4.69) is 41.4 Å². The van der Waals surface area contributed by atoms with E-state index in [4.69, 9.17) is 0 Å². The van der Waals surface area contributed by atoms with Crippen molar-refractivity contribution in [2.75, 3.05) is 13.1 Å². The number of nitrogens with zero attached hydrogens (tertiary/aromatic N) is 1. The number of hydrogen-bond donors (Lipinski definition) is 1. The maximum absolute atomic E-state index is 12.3. The fourth-order valence-electron chi connectivity index (χ4n) is 2.71. The van der Waals surface area contributed by atoms with E-state index in [0.717, 1.165) is 32.5 Å². The van der Waals surface area contributed by atoms with Crippen LogP contribution in [0.2, 0.25) is 0 Å². The van der Waals surface area contributed by atoms with Gasteiger partial charge in [-0.3, -0.25) is 9.69 Å². The molecule has 1 aromatic rings. The maximum atomic E-state index is 12.3. The molecule has 1 aromatic carbocycles. The molecule has 0 unspecified atom stereocenters. The number of carbonyl (C=O) groups is 1. The molecule has 0 aromatic heterocycles. The molecule has 0 bridgehead atoms. The minimum absolute atomic E-state index is 0.197. The van der Waals surface area contributed by atoms with Crippen molar-refractivity contribution < 1.29 is 4.79 Å². The smallest absolute Gasteiger partial charge is 0.226 e. The van der Waals surface area contributed by atoms with Crippen LogP contribution < -0.4 is 5.32 Å². The zero-order valence-corrected chi connectivity index (χ0v) is 12.9. The number of nitrogens with one attached hydrogen (secondary N) is 1. The molecule has 3 heteroatoms. The third-order valence-electron chi connectivity index (χ3n) is 4.18. The molecule has 2 rings (SSSR count). The van der Waals surface area contributed by atoms with Crippen molar-refractivity contribution in [3.05, 3.63) is 35.9 Å². The van der Waals surface area contributed by atoms with Gasteiger partial charge in [0.2, 0.25) is 5.91 Å². The van der Waals surface area contributed by atoms with E-state index >= 15 is 0 Å². The van der Waals surface area contributed by atoms with Gasteiger partial charge < -0.3 is 5.32 Å². The van der Waals surface area contributed by atoms with Crippen molar-refractivity contribution in [2.24, 2.45) is 5.41 Å². The van der Waals surface area contributed by atoms with Crippen molar-refractivity contribution in [3.8, 4) is 0 Å². The second-order valence-electron chi connectivity index (χ2n) is 6.45. The highest BCUT2D eigenvalue weighted by atomic mass is 16.2. The van der Waals surface area contributed by atoms with Crippen LogP contribution in [0.15, 0.2) is 30.3 Å². The highest BCUT2D eigenvalue weighted by Gasteiger charge is 2.36. The maximum Gasteiger partial charge on any atom is 0.226 e. The molecular weight excluding hydrogens is 248 g/mol. The summed E-state index contributed by atoms with van der Waals surface area (Å²) in [4.78, 5) is 14.7. The van der Waals surface area contributed by atoms with Gasteiger partial charge >= 0.3 is 0 Å². The molecule has 0 radical (unpaired) electrons. The van der Waals surface area contributed by atoms with Gasteiger partial charge in [-0.2, -0.15) is 0 Å². The predicted octanol–water partition coefficient (Wildman–Crippen LogP) is 2.81. The first-order valence-corrected chi connectivity index (χ1v) is 7.57. The standard InChI is InChI=1S/C17H26N2O/c1-14(2)18-16(20)17(3)9-11-19(12-10-17)13-15-7-5-4-6-8-15/h4-8,14H,9-13H2,1-3H3,(H,18,20). The summed E-state index contributed by atoms with van der Waals surface area (Å²) in [6, 6.07) is 10.8. The van der Waals surface area contributed by atoms with Crippen LogP contribution in [0.25, 0.3) is 0 Å². The Bertz CT molecular complexity index is 434. The summed E-state index contributed by atoms with van der Waals surface area (Å²) >= 11 is 0. The first-order valence-electron chi connectivity index (χ1n) is 7.57. The Morgan fingerprint density at radius 2 is 1.85 bits per heavy atom. The molecule has 1 N–H and O–H groups in total. The van der Waals surface area contributed by atoms with Crippen LogP contribution in [0.4, 0.5) is 0 Å². The molecule has 0 spiro atoms. The predicted molar refractivity (Wildman–Crippen MR) is 82.3 cm³/mol. The summed E-state index contributed by atoms with van der Waals surface area (Å²) in [7, 11) is 0. The molecule has 20 heavy (non-hydrogen) atoms. The molecule has 110 valence electrons. The third kappa shape index (κ3) is 3.83. The Hall–Kier alpha value is -1.35. The highest BCUT2D eigenvalue weighted by molar-refractivity contribution is 5.82. The van der Waals surface area contributed by atoms with Crippen LogP contribution in [-0.4, -0.2) is 29.9 Å². The number of rotatable bonds is 4. The fraction of sp³-hybridized carbons (Fsp3) is 0.588. The highest BCUT2D eigenvalue weighted by Crippen LogP contribution is 2.31. The number of benzene rings is 1. The largest absolute Gasteiger partial charge is 0.353 e. The summed E-state index contributed by atoms with van der Waals surface area (Å²) in [5, 5.41) is 3.06. The van der Waals surface area contributed by atoms with Crippen molar-refractivity contribution in [3.63, 3.8) is 0 Å². The van der Waals surface area contributed by atoms with E-state index in [-0.39, 0.29) is 17.4 Å². The van der Waals surface area contributed by atoms with Gasteiger partial charge in [-0.25, -0.2) is 0 Å².